The van der Waals surface area contributed by atoms with Crippen molar-refractivity contribution < 1.29 is 0 Å². The number of anilines is 1. The number of hydrogen-bond donors (Lipinski definition) is 1. The highest BCUT2D eigenvalue weighted by atomic mass is 15.1. The van der Waals surface area contributed by atoms with Gasteiger partial charge in [0, 0.05) is 25.3 Å². The number of nitrogens with zero attached hydrogens (tertiary/aromatic N) is 1. The quantitative estimate of drug-likeness (QED) is 0.876. The molecular weight excluding hydrogens is 220 g/mol. The molecule has 18 heavy (non-hydrogen) atoms. The number of rotatable bonds is 4. The van der Waals surface area contributed by atoms with E-state index in [0.29, 0.717) is 0 Å². The van der Waals surface area contributed by atoms with E-state index in [1.165, 1.54) is 42.7 Å². The molecule has 1 aliphatic rings. The Hall–Kier alpha value is -1.02. The van der Waals surface area contributed by atoms with Crippen molar-refractivity contribution in [3.8, 4) is 0 Å². The van der Waals surface area contributed by atoms with E-state index in [9.17, 15) is 0 Å². The summed E-state index contributed by atoms with van der Waals surface area (Å²) in [5.74, 6) is 0.834. The summed E-state index contributed by atoms with van der Waals surface area (Å²) in [7, 11) is 0. The van der Waals surface area contributed by atoms with Crippen LogP contribution in [0.3, 0.4) is 0 Å². The smallest absolute Gasteiger partial charge is 0.0369 e. The standard InChI is InChI=1S/C16H26N2/c1-4-17-11-15-7-8-16(10-14(15)3)18-9-5-6-13(2)12-18/h7-8,10,13,17H,4-6,9,11-12H2,1-3H3. The van der Waals surface area contributed by atoms with E-state index in [0.717, 1.165) is 19.0 Å². The molecule has 1 aliphatic heterocycles. The van der Waals surface area contributed by atoms with E-state index in [4.69, 9.17) is 0 Å². The molecule has 100 valence electrons. The highest BCUT2D eigenvalue weighted by Crippen LogP contribution is 2.24. The number of nitrogens with one attached hydrogen (secondary N) is 1. The molecule has 0 bridgehead atoms. The van der Waals surface area contributed by atoms with E-state index in [2.05, 4.69) is 49.2 Å². The van der Waals surface area contributed by atoms with Gasteiger partial charge in [-0.25, -0.2) is 0 Å². The van der Waals surface area contributed by atoms with Gasteiger partial charge in [0.15, 0.2) is 0 Å². The molecule has 0 radical (unpaired) electrons. The predicted molar refractivity (Wildman–Crippen MR) is 79.2 cm³/mol. The van der Waals surface area contributed by atoms with Crippen molar-refractivity contribution in [3.05, 3.63) is 29.3 Å². The minimum Gasteiger partial charge on any atom is -0.371 e. The molecule has 1 fully saturated rings. The summed E-state index contributed by atoms with van der Waals surface area (Å²) in [5, 5.41) is 3.40. The lowest BCUT2D eigenvalue weighted by atomic mass is 9.99. The lowest BCUT2D eigenvalue weighted by Gasteiger charge is -2.33. The van der Waals surface area contributed by atoms with E-state index < -0.39 is 0 Å². The number of aryl methyl sites for hydroxylation is 1. The molecule has 1 unspecified atom stereocenters. The van der Waals surface area contributed by atoms with Crippen molar-refractivity contribution in [2.45, 2.75) is 40.2 Å². The van der Waals surface area contributed by atoms with Gasteiger partial charge < -0.3 is 10.2 Å². The maximum atomic E-state index is 3.40. The zero-order valence-electron chi connectivity index (χ0n) is 12.0. The van der Waals surface area contributed by atoms with E-state index in [1.54, 1.807) is 0 Å². The minimum atomic E-state index is 0.834. The highest BCUT2D eigenvalue weighted by molar-refractivity contribution is 5.51. The zero-order chi connectivity index (χ0) is 13.0. The van der Waals surface area contributed by atoms with Crippen LogP contribution in [0.25, 0.3) is 0 Å². The van der Waals surface area contributed by atoms with Crippen LogP contribution in [0.5, 0.6) is 0 Å². The van der Waals surface area contributed by atoms with Gasteiger partial charge in [0.2, 0.25) is 0 Å². The Morgan fingerprint density at radius 3 is 2.89 bits per heavy atom. The third-order valence-corrected chi connectivity index (χ3v) is 3.91. The van der Waals surface area contributed by atoms with Gasteiger partial charge in [-0.2, -0.15) is 0 Å². The fraction of sp³-hybridized carbons (Fsp3) is 0.625. The number of piperidine rings is 1. The molecule has 0 aromatic heterocycles. The molecule has 0 spiro atoms. The summed E-state index contributed by atoms with van der Waals surface area (Å²) in [6.07, 6.45) is 2.72. The van der Waals surface area contributed by atoms with Crippen molar-refractivity contribution in [1.29, 1.82) is 0 Å². The van der Waals surface area contributed by atoms with E-state index in [-0.39, 0.29) is 0 Å². The first-order valence-corrected chi connectivity index (χ1v) is 7.26. The molecule has 0 amide bonds. The molecule has 0 saturated carbocycles. The molecule has 1 saturated heterocycles. The third kappa shape index (κ3) is 3.26. The molecule has 2 nitrogen and oxygen atoms in total. The summed E-state index contributed by atoms with van der Waals surface area (Å²) >= 11 is 0. The first-order chi connectivity index (χ1) is 8.70. The Kier molecular flexibility index (Phi) is 4.65. The van der Waals surface area contributed by atoms with Crippen molar-refractivity contribution in [1.82, 2.24) is 5.32 Å². The Labute approximate surface area is 111 Å². The lowest BCUT2D eigenvalue weighted by Crippen LogP contribution is -2.34. The Balaban J connectivity index is 2.07. The molecule has 1 aromatic carbocycles. The second-order valence-electron chi connectivity index (χ2n) is 5.58. The van der Waals surface area contributed by atoms with Gasteiger partial charge >= 0.3 is 0 Å². The maximum Gasteiger partial charge on any atom is 0.0369 e. The SMILES string of the molecule is CCNCc1ccc(N2CCCC(C)C2)cc1C. The fourth-order valence-electron chi connectivity index (χ4n) is 2.76. The van der Waals surface area contributed by atoms with E-state index >= 15 is 0 Å². The van der Waals surface area contributed by atoms with Crippen molar-refractivity contribution in [2.75, 3.05) is 24.5 Å². The average molecular weight is 246 g/mol. The summed E-state index contributed by atoms with van der Waals surface area (Å²) < 4.78 is 0. The first-order valence-electron chi connectivity index (χ1n) is 7.26. The Morgan fingerprint density at radius 2 is 2.22 bits per heavy atom. The van der Waals surface area contributed by atoms with Crippen LogP contribution < -0.4 is 10.2 Å². The van der Waals surface area contributed by atoms with Gasteiger partial charge in [0.25, 0.3) is 0 Å². The van der Waals surface area contributed by atoms with Crippen LogP contribution in [0, 0.1) is 12.8 Å². The molecule has 1 heterocycles. The zero-order valence-corrected chi connectivity index (χ0v) is 12.0. The van der Waals surface area contributed by atoms with Crippen LogP contribution in [0.15, 0.2) is 18.2 Å². The van der Waals surface area contributed by atoms with Crippen molar-refractivity contribution in [3.63, 3.8) is 0 Å². The normalized spacial score (nSPS) is 20.2. The summed E-state index contributed by atoms with van der Waals surface area (Å²) in [6, 6.07) is 6.93. The molecular formula is C16H26N2. The van der Waals surface area contributed by atoms with Crippen LogP contribution in [0.1, 0.15) is 37.8 Å². The van der Waals surface area contributed by atoms with Crippen LogP contribution in [-0.4, -0.2) is 19.6 Å². The lowest BCUT2D eigenvalue weighted by molar-refractivity contribution is 0.447. The number of benzene rings is 1. The molecule has 1 aromatic rings. The van der Waals surface area contributed by atoms with Gasteiger partial charge in [-0.1, -0.05) is 19.9 Å². The Bertz CT molecular complexity index is 387. The van der Waals surface area contributed by atoms with Crippen LogP contribution in [0.4, 0.5) is 5.69 Å². The van der Waals surface area contributed by atoms with Gasteiger partial charge in [-0.3, -0.25) is 0 Å². The monoisotopic (exact) mass is 246 g/mol. The maximum absolute atomic E-state index is 3.40. The predicted octanol–water partition coefficient (Wildman–Crippen LogP) is 3.34. The highest BCUT2D eigenvalue weighted by Gasteiger charge is 2.16. The van der Waals surface area contributed by atoms with Crippen LogP contribution >= 0.6 is 0 Å². The van der Waals surface area contributed by atoms with Crippen molar-refractivity contribution in [2.24, 2.45) is 5.92 Å². The number of hydrogen-bond acceptors (Lipinski definition) is 2. The van der Waals surface area contributed by atoms with Gasteiger partial charge in [-0.05, 0) is 55.5 Å². The molecule has 2 heteroatoms. The van der Waals surface area contributed by atoms with Crippen molar-refractivity contribution >= 4 is 5.69 Å². The topological polar surface area (TPSA) is 15.3 Å². The fourth-order valence-corrected chi connectivity index (χ4v) is 2.76. The summed E-state index contributed by atoms with van der Waals surface area (Å²) in [4.78, 5) is 2.54. The largest absolute Gasteiger partial charge is 0.371 e. The molecule has 1 atom stereocenters. The van der Waals surface area contributed by atoms with Crippen LogP contribution in [-0.2, 0) is 6.54 Å². The molecule has 0 aliphatic carbocycles. The van der Waals surface area contributed by atoms with Crippen LogP contribution in [0.2, 0.25) is 0 Å². The average Bonchev–Trinajstić information content (AvgIpc) is 2.37. The minimum absolute atomic E-state index is 0.834. The molecule has 2 rings (SSSR count). The van der Waals surface area contributed by atoms with E-state index in [1.807, 2.05) is 0 Å². The third-order valence-electron chi connectivity index (χ3n) is 3.91. The van der Waals surface area contributed by atoms with Gasteiger partial charge in [0.1, 0.15) is 0 Å². The van der Waals surface area contributed by atoms with Gasteiger partial charge in [0.05, 0.1) is 0 Å². The summed E-state index contributed by atoms with van der Waals surface area (Å²) in [5.41, 5.74) is 4.23. The second kappa shape index (κ2) is 6.24. The summed E-state index contributed by atoms with van der Waals surface area (Å²) in [6.45, 7) is 11.2. The Morgan fingerprint density at radius 1 is 1.39 bits per heavy atom. The second-order valence-corrected chi connectivity index (χ2v) is 5.58. The molecule has 1 N–H and O–H groups in total. The first kappa shape index (κ1) is 13.4. The van der Waals surface area contributed by atoms with Gasteiger partial charge in [-0.15, -0.1) is 0 Å².